The Hall–Kier alpha value is -4.27. The molecule has 33 heavy (non-hydrogen) atoms. The van der Waals surface area contributed by atoms with Gasteiger partial charge >= 0.3 is 11.9 Å². The normalized spacial score (nSPS) is 11.4. The van der Waals surface area contributed by atoms with Crippen LogP contribution in [0.5, 0.6) is 5.75 Å². The Balaban J connectivity index is 1.69. The number of anilines is 1. The number of halogens is 2. The molecule has 0 spiro atoms. The van der Waals surface area contributed by atoms with E-state index in [1.807, 2.05) is 0 Å². The van der Waals surface area contributed by atoms with Crippen LogP contribution in [-0.4, -0.2) is 35.7 Å². The van der Waals surface area contributed by atoms with Crippen molar-refractivity contribution in [2.24, 2.45) is 0 Å². The van der Waals surface area contributed by atoms with Crippen molar-refractivity contribution in [3.8, 4) is 16.9 Å². The third-order valence-corrected chi connectivity index (χ3v) is 4.47. The summed E-state index contributed by atoms with van der Waals surface area (Å²) in [4.78, 5) is 35.0. The standard InChI is InChI=1S/C24H19F2NO6/c1-14(24(30)31)33-22(28)13-32-19-7-3-6-18(12-19)27-23(29)20-11-16(8-9-21(20)26)15-4-2-5-17(25)10-15/h2-12,14H,13H2,1H3,(H,27,29)(H,30,31). The Morgan fingerprint density at radius 1 is 0.970 bits per heavy atom. The number of carbonyl (C=O) groups is 3. The van der Waals surface area contributed by atoms with Gasteiger partial charge in [-0.15, -0.1) is 0 Å². The molecule has 0 aliphatic carbocycles. The molecule has 170 valence electrons. The van der Waals surface area contributed by atoms with Gasteiger partial charge in [0.2, 0.25) is 0 Å². The molecular formula is C24H19F2NO6. The van der Waals surface area contributed by atoms with Gasteiger partial charge in [0.1, 0.15) is 17.4 Å². The number of aliphatic carboxylic acids is 1. The van der Waals surface area contributed by atoms with Crippen LogP contribution < -0.4 is 10.1 Å². The third kappa shape index (κ3) is 6.36. The molecule has 0 saturated carbocycles. The third-order valence-electron chi connectivity index (χ3n) is 4.47. The number of hydrogen-bond donors (Lipinski definition) is 2. The van der Waals surface area contributed by atoms with Gasteiger partial charge < -0.3 is 19.9 Å². The van der Waals surface area contributed by atoms with E-state index < -0.39 is 42.2 Å². The Kier molecular flexibility index (Phi) is 7.34. The van der Waals surface area contributed by atoms with Gasteiger partial charge in [-0.3, -0.25) is 4.79 Å². The van der Waals surface area contributed by atoms with Crippen LogP contribution in [0, 0.1) is 11.6 Å². The Morgan fingerprint density at radius 3 is 2.42 bits per heavy atom. The van der Waals surface area contributed by atoms with Gasteiger partial charge in [-0.05, 0) is 54.4 Å². The minimum absolute atomic E-state index is 0.196. The highest BCUT2D eigenvalue weighted by atomic mass is 19.1. The first kappa shape index (κ1) is 23.4. The summed E-state index contributed by atoms with van der Waals surface area (Å²) in [5, 5.41) is 11.3. The maximum atomic E-state index is 14.3. The molecule has 0 heterocycles. The quantitative estimate of drug-likeness (QED) is 0.492. The molecule has 3 aromatic rings. The van der Waals surface area contributed by atoms with Gasteiger partial charge in [0, 0.05) is 11.8 Å². The van der Waals surface area contributed by atoms with Crippen LogP contribution in [0.3, 0.4) is 0 Å². The first-order valence-electron chi connectivity index (χ1n) is 9.75. The summed E-state index contributed by atoms with van der Waals surface area (Å²) >= 11 is 0. The first-order valence-corrected chi connectivity index (χ1v) is 9.75. The number of carbonyl (C=O) groups excluding carboxylic acids is 2. The van der Waals surface area contributed by atoms with Crippen molar-refractivity contribution in [3.63, 3.8) is 0 Å². The van der Waals surface area contributed by atoms with Gasteiger partial charge in [0.25, 0.3) is 5.91 Å². The molecule has 3 aromatic carbocycles. The minimum atomic E-state index is -1.32. The van der Waals surface area contributed by atoms with E-state index in [1.54, 1.807) is 6.07 Å². The van der Waals surface area contributed by atoms with Gasteiger partial charge in [0.15, 0.2) is 12.7 Å². The van der Waals surface area contributed by atoms with Crippen molar-refractivity contribution in [2.45, 2.75) is 13.0 Å². The highest BCUT2D eigenvalue weighted by Crippen LogP contribution is 2.24. The van der Waals surface area contributed by atoms with Crippen LogP contribution in [0.25, 0.3) is 11.1 Å². The molecule has 0 saturated heterocycles. The second-order valence-corrected chi connectivity index (χ2v) is 6.95. The highest BCUT2D eigenvalue weighted by Gasteiger charge is 2.17. The molecule has 0 aromatic heterocycles. The average Bonchev–Trinajstić information content (AvgIpc) is 2.78. The van der Waals surface area contributed by atoms with Crippen molar-refractivity contribution in [1.29, 1.82) is 0 Å². The summed E-state index contributed by atoms with van der Waals surface area (Å²) < 4.78 is 37.7. The highest BCUT2D eigenvalue weighted by molar-refractivity contribution is 6.05. The molecule has 0 aliphatic rings. The first-order chi connectivity index (χ1) is 15.7. The van der Waals surface area contributed by atoms with E-state index in [-0.39, 0.29) is 17.0 Å². The number of nitrogens with one attached hydrogen (secondary N) is 1. The molecule has 0 fully saturated rings. The minimum Gasteiger partial charge on any atom is -0.482 e. The number of benzene rings is 3. The summed E-state index contributed by atoms with van der Waals surface area (Å²) in [6.45, 7) is 0.665. The van der Waals surface area contributed by atoms with Crippen LogP contribution in [0.1, 0.15) is 17.3 Å². The molecule has 0 bridgehead atoms. The summed E-state index contributed by atoms with van der Waals surface area (Å²) in [5.41, 5.74) is 0.977. The largest absolute Gasteiger partial charge is 0.482 e. The van der Waals surface area contributed by atoms with Crippen molar-refractivity contribution in [2.75, 3.05) is 11.9 Å². The second-order valence-electron chi connectivity index (χ2n) is 6.95. The topological polar surface area (TPSA) is 102 Å². The second kappa shape index (κ2) is 10.4. The monoisotopic (exact) mass is 455 g/mol. The summed E-state index contributed by atoms with van der Waals surface area (Å²) in [6, 6.07) is 15.6. The number of carboxylic acid groups (broad SMARTS) is 1. The molecular weight excluding hydrogens is 436 g/mol. The maximum Gasteiger partial charge on any atom is 0.344 e. The predicted octanol–water partition coefficient (Wildman–Crippen LogP) is 4.28. The van der Waals surface area contributed by atoms with Gasteiger partial charge in [-0.1, -0.05) is 24.3 Å². The van der Waals surface area contributed by atoms with Crippen LogP contribution >= 0.6 is 0 Å². The number of hydrogen-bond acceptors (Lipinski definition) is 5. The fourth-order valence-corrected chi connectivity index (χ4v) is 2.83. The van der Waals surface area contributed by atoms with Crippen molar-refractivity contribution in [1.82, 2.24) is 0 Å². The average molecular weight is 455 g/mol. The van der Waals surface area contributed by atoms with E-state index in [0.29, 0.717) is 11.1 Å². The molecule has 0 radical (unpaired) electrons. The van der Waals surface area contributed by atoms with Crippen LogP contribution in [-0.2, 0) is 14.3 Å². The lowest BCUT2D eigenvalue weighted by atomic mass is 10.0. The van der Waals surface area contributed by atoms with E-state index in [1.165, 1.54) is 61.5 Å². The lowest BCUT2D eigenvalue weighted by Crippen LogP contribution is -2.26. The SMILES string of the molecule is CC(OC(=O)COc1cccc(NC(=O)c2cc(-c3cccc(F)c3)ccc2F)c1)C(=O)O. The van der Waals surface area contributed by atoms with Crippen molar-refractivity contribution in [3.05, 3.63) is 83.9 Å². The number of ether oxygens (including phenoxy) is 2. The number of esters is 1. The number of amides is 1. The Bertz CT molecular complexity index is 1200. The lowest BCUT2D eigenvalue weighted by molar-refractivity contribution is -0.163. The maximum absolute atomic E-state index is 14.3. The fourth-order valence-electron chi connectivity index (χ4n) is 2.83. The van der Waals surface area contributed by atoms with Crippen molar-refractivity contribution >= 4 is 23.5 Å². The smallest absolute Gasteiger partial charge is 0.344 e. The number of rotatable bonds is 8. The van der Waals surface area contributed by atoms with E-state index >= 15 is 0 Å². The zero-order valence-corrected chi connectivity index (χ0v) is 17.4. The Labute approximate surface area is 187 Å². The molecule has 9 heteroatoms. The van der Waals surface area contributed by atoms with Gasteiger partial charge in [0.05, 0.1) is 5.56 Å². The molecule has 1 atom stereocenters. The van der Waals surface area contributed by atoms with Crippen LogP contribution in [0.2, 0.25) is 0 Å². The molecule has 7 nitrogen and oxygen atoms in total. The summed E-state index contributed by atoms with van der Waals surface area (Å²) in [6.07, 6.45) is -1.32. The fraction of sp³-hybridized carbons (Fsp3) is 0.125. The van der Waals surface area contributed by atoms with E-state index in [0.717, 1.165) is 6.07 Å². The van der Waals surface area contributed by atoms with Crippen LogP contribution in [0.4, 0.5) is 14.5 Å². The molecule has 0 aliphatic heterocycles. The van der Waals surface area contributed by atoms with E-state index in [4.69, 9.17) is 9.84 Å². The molecule has 2 N–H and O–H groups in total. The number of carboxylic acids is 1. The summed E-state index contributed by atoms with van der Waals surface area (Å²) in [7, 11) is 0. The van der Waals surface area contributed by atoms with E-state index in [2.05, 4.69) is 10.1 Å². The van der Waals surface area contributed by atoms with Gasteiger partial charge in [-0.2, -0.15) is 0 Å². The van der Waals surface area contributed by atoms with Gasteiger partial charge in [-0.25, -0.2) is 18.4 Å². The molecule has 1 unspecified atom stereocenters. The lowest BCUT2D eigenvalue weighted by Gasteiger charge is -2.11. The predicted molar refractivity (Wildman–Crippen MR) is 115 cm³/mol. The zero-order chi connectivity index (χ0) is 24.0. The molecule has 1 amide bonds. The molecule has 3 rings (SSSR count). The van der Waals surface area contributed by atoms with E-state index in [9.17, 15) is 23.2 Å². The Morgan fingerprint density at radius 2 is 1.70 bits per heavy atom. The summed E-state index contributed by atoms with van der Waals surface area (Å²) in [5.74, 6) is -3.92. The zero-order valence-electron chi connectivity index (χ0n) is 17.4. The van der Waals surface area contributed by atoms with Crippen LogP contribution in [0.15, 0.2) is 66.7 Å². The van der Waals surface area contributed by atoms with Crippen molar-refractivity contribution < 1.29 is 37.7 Å².